The highest BCUT2D eigenvalue weighted by Crippen LogP contribution is 2.37. The van der Waals surface area contributed by atoms with Crippen LogP contribution in [0.4, 0.5) is 24.8 Å². The Morgan fingerprint density at radius 2 is 1.91 bits per heavy atom. The van der Waals surface area contributed by atoms with Gasteiger partial charge in [0, 0.05) is 42.7 Å². The van der Waals surface area contributed by atoms with Crippen molar-refractivity contribution in [3.05, 3.63) is 84.5 Å². The van der Waals surface area contributed by atoms with Gasteiger partial charge < -0.3 is 10.6 Å². The first-order chi connectivity index (χ1) is 15.4. The van der Waals surface area contributed by atoms with Gasteiger partial charge in [-0.3, -0.25) is 9.98 Å². The summed E-state index contributed by atoms with van der Waals surface area (Å²) in [4.78, 5) is 17.6. The largest absolute Gasteiger partial charge is 0.416 e. The fraction of sp³-hybridized carbons (Fsp3) is 0.130. The van der Waals surface area contributed by atoms with Crippen LogP contribution in [0, 0.1) is 0 Å². The van der Waals surface area contributed by atoms with Crippen LogP contribution >= 0.6 is 0 Å². The summed E-state index contributed by atoms with van der Waals surface area (Å²) in [6, 6.07) is 6.83. The van der Waals surface area contributed by atoms with Crippen LogP contribution in [0.15, 0.2) is 72.6 Å². The van der Waals surface area contributed by atoms with E-state index in [2.05, 4.69) is 37.2 Å². The summed E-state index contributed by atoms with van der Waals surface area (Å²) in [6.45, 7) is 4.06. The third-order valence-corrected chi connectivity index (χ3v) is 4.90. The van der Waals surface area contributed by atoms with Gasteiger partial charge in [-0.15, -0.1) is 0 Å². The number of aromatic nitrogens is 3. The van der Waals surface area contributed by atoms with Crippen LogP contribution in [0.3, 0.4) is 0 Å². The van der Waals surface area contributed by atoms with E-state index < -0.39 is 11.7 Å². The third kappa shape index (κ3) is 4.22. The van der Waals surface area contributed by atoms with Gasteiger partial charge in [-0.25, -0.2) is 9.97 Å². The molecule has 1 aliphatic rings. The molecule has 0 fully saturated rings. The van der Waals surface area contributed by atoms with Gasteiger partial charge in [0.1, 0.15) is 5.84 Å². The van der Waals surface area contributed by atoms with Crippen LogP contribution in [0.2, 0.25) is 0 Å². The van der Waals surface area contributed by atoms with Crippen molar-refractivity contribution in [2.24, 2.45) is 4.99 Å². The number of fused-ring (bicyclic) bond motifs is 3. The van der Waals surface area contributed by atoms with Gasteiger partial charge in [0.05, 0.1) is 23.1 Å². The van der Waals surface area contributed by atoms with Crippen molar-refractivity contribution in [1.29, 1.82) is 0 Å². The number of nitrogens with one attached hydrogen (secondary N) is 2. The molecule has 4 rings (SSSR count). The first-order valence-corrected chi connectivity index (χ1v) is 9.69. The van der Waals surface area contributed by atoms with E-state index in [4.69, 9.17) is 0 Å². The van der Waals surface area contributed by atoms with Crippen molar-refractivity contribution >= 4 is 23.0 Å². The SMILES string of the molecule is C=C/C=C1\C(=NC)Nc2cnccc2-c2cnc(NCc3ccc(C(F)(F)F)cc3)nc21. The van der Waals surface area contributed by atoms with Crippen LogP contribution < -0.4 is 10.6 Å². The molecule has 0 amide bonds. The second-order valence-corrected chi connectivity index (χ2v) is 6.94. The molecule has 9 heteroatoms. The van der Waals surface area contributed by atoms with Crippen molar-refractivity contribution in [1.82, 2.24) is 15.0 Å². The molecule has 0 unspecified atom stereocenters. The highest BCUT2D eigenvalue weighted by molar-refractivity contribution is 6.31. The van der Waals surface area contributed by atoms with Crippen molar-refractivity contribution in [2.75, 3.05) is 17.7 Å². The molecule has 0 saturated heterocycles. The zero-order valence-corrected chi connectivity index (χ0v) is 17.1. The lowest BCUT2D eigenvalue weighted by molar-refractivity contribution is -0.137. The number of alkyl halides is 3. The van der Waals surface area contributed by atoms with E-state index in [1.807, 2.05) is 6.07 Å². The lowest BCUT2D eigenvalue weighted by Gasteiger charge is -2.12. The van der Waals surface area contributed by atoms with Gasteiger partial charge in [-0.2, -0.15) is 13.2 Å². The fourth-order valence-electron chi connectivity index (χ4n) is 3.35. The number of anilines is 2. The lowest BCUT2D eigenvalue weighted by atomic mass is 10.0. The molecule has 32 heavy (non-hydrogen) atoms. The second kappa shape index (κ2) is 8.62. The number of benzene rings is 1. The molecule has 1 aliphatic heterocycles. The minimum atomic E-state index is -4.36. The molecule has 162 valence electrons. The molecular weight excluding hydrogens is 417 g/mol. The van der Waals surface area contributed by atoms with Crippen molar-refractivity contribution in [3.8, 4) is 11.1 Å². The standard InChI is InChI=1S/C23H19F3N6/c1-3-4-17-20-18(16-9-10-28-13-19(16)31-21(17)27-2)12-30-22(32-20)29-11-14-5-7-15(8-6-14)23(24,25)26/h3-10,12-13H,1,11H2,2H3,(H,27,31)(H,29,30,32)/b17-4-. The number of nitrogens with zero attached hydrogens (tertiary/aromatic N) is 4. The highest BCUT2D eigenvalue weighted by atomic mass is 19.4. The zero-order valence-electron chi connectivity index (χ0n) is 17.1. The topological polar surface area (TPSA) is 75.1 Å². The molecule has 6 nitrogen and oxygen atoms in total. The van der Waals surface area contributed by atoms with Gasteiger partial charge in [-0.05, 0) is 29.8 Å². The number of amidine groups is 1. The van der Waals surface area contributed by atoms with E-state index in [1.165, 1.54) is 12.1 Å². The van der Waals surface area contributed by atoms with Gasteiger partial charge in [0.25, 0.3) is 0 Å². The van der Waals surface area contributed by atoms with Crippen LogP contribution in [-0.4, -0.2) is 27.8 Å². The Labute approximate surface area is 182 Å². The minimum Gasteiger partial charge on any atom is -0.350 e. The minimum absolute atomic E-state index is 0.269. The van der Waals surface area contributed by atoms with Crippen LogP contribution in [0.5, 0.6) is 0 Å². The molecule has 2 N–H and O–H groups in total. The maximum Gasteiger partial charge on any atom is 0.416 e. The molecular formula is C23H19F3N6. The molecule has 0 spiro atoms. The summed E-state index contributed by atoms with van der Waals surface area (Å²) < 4.78 is 38.3. The summed E-state index contributed by atoms with van der Waals surface area (Å²) >= 11 is 0. The molecule has 0 bridgehead atoms. The normalized spacial score (nSPS) is 15.5. The molecule has 1 aromatic carbocycles. The van der Waals surface area contributed by atoms with Gasteiger partial charge in [0.2, 0.25) is 5.95 Å². The smallest absolute Gasteiger partial charge is 0.350 e. The lowest BCUT2D eigenvalue weighted by Crippen LogP contribution is -2.14. The molecule has 3 heterocycles. The quantitative estimate of drug-likeness (QED) is 0.589. The van der Waals surface area contributed by atoms with E-state index in [0.29, 0.717) is 23.0 Å². The van der Waals surface area contributed by atoms with E-state index in [0.717, 1.165) is 34.5 Å². The van der Waals surface area contributed by atoms with Crippen molar-refractivity contribution in [3.63, 3.8) is 0 Å². The fourth-order valence-corrected chi connectivity index (χ4v) is 3.35. The number of rotatable bonds is 4. The van der Waals surface area contributed by atoms with Crippen molar-refractivity contribution < 1.29 is 13.2 Å². The second-order valence-electron chi connectivity index (χ2n) is 6.94. The Bertz CT molecular complexity index is 1210. The highest BCUT2D eigenvalue weighted by Gasteiger charge is 2.30. The average molecular weight is 436 g/mol. The van der Waals surface area contributed by atoms with Gasteiger partial charge >= 0.3 is 6.18 Å². The Morgan fingerprint density at radius 3 is 2.59 bits per heavy atom. The molecule has 0 atom stereocenters. The number of aliphatic imine (C=N–C) groups is 1. The Hall–Kier alpha value is -4.01. The number of pyridine rings is 1. The Balaban J connectivity index is 1.68. The molecule has 3 aromatic rings. The van der Waals surface area contributed by atoms with E-state index in [9.17, 15) is 13.2 Å². The predicted octanol–water partition coefficient (Wildman–Crippen LogP) is 5.19. The predicted molar refractivity (Wildman–Crippen MR) is 119 cm³/mol. The molecule has 0 radical (unpaired) electrons. The summed E-state index contributed by atoms with van der Waals surface area (Å²) in [5.74, 6) is 0.942. The summed E-state index contributed by atoms with van der Waals surface area (Å²) in [5.41, 5.74) is 3.80. The van der Waals surface area contributed by atoms with E-state index in [-0.39, 0.29) is 6.54 Å². The Morgan fingerprint density at radius 1 is 1.12 bits per heavy atom. The Kier molecular flexibility index (Phi) is 5.72. The third-order valence-electron chi connectivity index (χ3n) is 4.90. The number of hydrogen-bond donors (Lipinski definition) is 2. The molecule has 0 saturated carbocycles. The average Bonchev–Trinajstić information content (AvgIpc) is 2.92. The summed E-state index contributed by atoms with van der Waals surface area (Å²) in [5, 5.41) is 6.36. The number of halogens is 3. The maximum absolute atomic E-state index is 12.8. The van der Waals surface area contributed by atoms with Crippen molar-refractivity contribution in [2.45, 2.75) is 12.7 Å². The van der Waals surface area contributed by atoms with Crippen LogP contribution in [0.1, 0.15) is 16.8 Å². The molecule has 2 aromatic heterocycles. The number of hydrogen-bond acceptors (Lipinski definition) is 5. The number of allylic oxidation sites excluding steroid dienone is 2. The monoisotopic (exact) mass is 436 g/mol. The van der Waals surface area contributed by atoms with Gasteiger partial charge in [-0.1, -0.05) is 24.8 Å². The molecule has 0 aliphatic carbocycles. The first kappa shape index (κ1) is 21.2. The summed E-state index contributed by atoms with van der Waals surface area (Å²) in [7, 11) is 1.67. The van der Waals surface area contributed by atoms with Crippen LogP contribution in [0.25, 0.3) is 16.7 Å². The van der Waals surface area contributed by atoms with E-state index >= 15 is 0 Å². The zero-order chi connectivity index (χ0) is 22.7. The summed E-state index contributed by atoms with van der Waals surface area (Å²) in [6.07, 6.45) is 4.19. The van der Waals surface area contributed by atoms with Crippen LogP contribution in [-0.2, 0) is 12.7 Å². The maximum atomic E-state index is 12.8. The van der Waals surface area contributed by atoms with E-state index in [1.54, 1.807) is 37.8 Å². The van der Waals surface area contributed by atoms with Gasteiger partial charge in [0.15, 0.2) is 0 Å². The first-order valence-electron chi connectivity index (χ1n) is 9.69.